The normalized spacial score (nSPS) is 11.2. The number of pyridine rings is 1. The zero-order valence-corrected chi connectivity index (χ0v) is 13.1. The third-order valence-electron chi connectivity index (χ3n) is 3.41. The van der Waals surface area contributed by atoms with Crippen molar-refractivity contribution in [3.63, 3.8) is 0 Å². The van der Waals surface area contributed by atoms with Crippen molar-refractivity contribution in [1.29, 1.82) is 0 Å². The van der Waals surface area contributed by atoms with Crippen LogP contribution in [0.1, 0.15) is 18.1 Å². The third kappa shape index (κ3) is 1.98. The molecule has 0 radical (unpaired) electrons. The Hall–Kier alpha value is -1.88. The number of fused-ring (bicyclic) bond motifs is 1. The fraction of sp³-hybridized carbons (Fsp3) is 0.200. The lowest BCUT2D eigenvalue weighted by molar-refractivity contribution is 0.760. The summed E-state index contributed by atoms with van der Waals surface area (Å²) >= 11 is 3.49. The summed E-state index contributed by atoms with van der Waals surface area (Å²) in [6.07, 6.45) is 5.90. The molecule has 102 valence electrons. The molecule has 0 aliphatic rings. The molecule has 0 N–H and O–H groups in total. The predicted molar refractivity (Wildman–Crippen MR) is 84.5 cm³/mol. The lowest BCUT2D eigenvalue weighted by atomic mass is 10.0. The number of hydrogen-bond donors (Lipinski definition) is 0. The average Bonchev–Trinajstić information content (AvgIpc) is 2.98. The van der Waals surface area contributed by atoms with Crippen LogP contribution >= 0.6 is 15.9 Å². The molecule has 3 aromatic heterocycles. The molecule has 0 aliphatic heterocycles. The Morgan fingerprint density at radius 1 is 1.35 bits per heavy atom. The zero-order chi connectivity index (χ0) is 14.3. The van der Waals surface area contributed by atoms with Gasteiger partial charge in [0.05, 0.1) is 0 Å². The molecule has 0 saturated heterocycles. The first kappa shape index (κ1) is 13.1. The van der Waals surface area contributed by atoms with Crippen LogP contribution in [0.4, 0.5) is 0 Å². The second kappa shape index (κ2) is 4.90. The molecule has 0 amide bonds. The lowest BCUT2D eigenvalue weighted by Gasteiger charge is -2.01. The van der Waals surface area contributed by atoms with Crippen LogP contribution in [-0.2, 0) is 13.6 Å². The summed E-state index contributed by atoms with van der Waals surface area (Å²) in [4.78, 5) is 4.47. The highest BCUT2D eigenvalue weighted by molar-refractivity contribution is 9.10. The first-order valence-electron chi connectivity index (χ1n) is 6.44. The quantitative estimate of drug-likeness (QED) is 0.735. The molecule has 3 aromatic rings. The predicted octanol–water partition coefficient (Wildman–Crippen LogP) is 3.61. The van der Waals surface area contributed by atoms with Gasteiger partial charge in [0, 0.05) is 48.7 Å². The molecule has 0 saturated carbocycles. The second-order valence-corrected chi connectivity index (χ2v) is 5.44. The van der Waals surface area contributed by atoms with Crippen molar-refractivity contribution in [1.82, 2.24) is 19.3 Å². The van der Waals surface area contributed by atoms with Crippen LogP contribution < -0.4 is 0 Å². The van der Waals surface area contributed by atoms with Gasteiger partial charge in [-0.1, -0.05) is 6.58 Å². The Morgan fingerprint density at radius 2 is 2.15 bits per heavy atom. The van der Waals surface area contributed by atoms with Crippen LogP contribution in [0.5, 0.6) is 0 Å². The lowest BCUT2D eigenvalue weighted by Crippen LogP contribution is -1.92. The van der Waals surface area contributed by atoms with Crippen molar-refractivity contribution in [2.75, 3.05) is 0 Å². The Balaban J connectivity index is 2.19. The number of hydrogen-bond acceptors (Lipinski definition) is 2. The average molecular weight is 331 g/mol. The van der Waals surface area contributed by atoms with Crippen LogP contribution in [0.3, 0.4) is 0 Å². The number of nitrogens with zero attached hydrogens (tertiary/aromatic N) is 4. The first-order valence-corrected chi connectivity index (χ1v) is 7.23. The molecule has 0 spiro atoms. The molecule has 0 bridgehead atoms. The third-order valence-corrected chi connectivity index (χ3v) is 3.99. The van der Waals surface area contributed by atoms with E-state index in [0.29, 0.717) is 0 Å². The Kier molecular flexibility index (Phi) is 3.22. The van der Waals surface area contributed by atoms with Gasteiger partial charge < -0.3 is 4.57 Å². The number of aryl methyl sites for hydroxylation is 2. The van der Waals surface area contributed by atoms with Gasteiger partial charge in [0.1, 0.15) is 10.3 Å². The van der Waals surface area contributed by atoms with Gasteiger partial charge >= 0.3 is 0 Å². The minimum absolute atomic E-state index is 0.811. The van der Waals surface area contributed by atoms with Gasteiger partial charge in [-0.3, -0.25) is 4.68 Å². The molecular formula is C15H15BrN4. The molecule has 3 heterocycles. The number of rotatable bonds is 3. The maximum absolute atomic E-state index is 4.47. The first-order chi connectivity index (χ1) is 9.61. The summed E-state index contributed by atoms with van der Waals surface area (Å²) in [5.74, 6) is 0. The van der Waals surface area contributed by atoms with Crippen LogP contribution in [-0.4, -0.2) is 19.3 Å². The van der Waals surface area contributed by atoms with E-state index in [9.17, 15) is 0 Å². The van der Waals surface area contributed by atoms with Gasteiger partial charge in [0.2, 0.25) is 0 Å². The maximum atomic E-state index is 4.47. The largest absolute Gasteiger partial charge is 0.332 e. The van der Waals surface area contributed by atoms with E-state index < -0.39 is 0 Å². The minimum atomic E-state index is 0.811. The molecule has 0 atom stereocenters. The van der Waals surface area contributed by atoms with Gasteiger partial charge in [-0.25, -0.2) is 4.98 Å². The van der Waals surface area contributed by atoms with Gasteiger partial charge in [0.15, 0.2) is 0 Å². The topological polar surface area (TPSA) is 35.6 Å². The molecule has 3 rings (SSSR count). The van der Waals surface area contributed by atoms with Crippen molar-refractivity contribution in [3.05, 3.63) is 53.0 Å². The molecule has 20 heavy (non-hydrogen) atoms. The summed E-state index contributed by atoms with van der Waals surface area (Å²) in [6, 6.07) is 4.04. The zero-order valence-electron chi connectivity index (χ0n) is 11.5. The van der Waals surface area contributed by atoms with Gasteiger partial charge in [0.25, 0.3) is 0 Å². The van der Waals surface area contributed by atoms with Crippen molar-refractivity contribution in [2.24, 2.45) is 7.05 Å². The SMILES string of the molecule is C=C(c1cn(C)nc1Br)c1cn(CC)c2ncccc12. The van der Waals surface area contributed by atoms with E-state index in [2.05, 4.69) is 56.3 Å². The fourth-order valence-corrected chi connectivity index (χ4v) is 3.00. The van der Waals surface area contributed by atoms with Crippen LogP contribution in [0.25, 0.3) is 16.6 Å². The molecule has 4 nitrogen and oxygen atoms in total. The summed E-state index contributed by atoms with van der Waals surface area (Å²) in [6.45, 7) is 7.24. The van der Waals surface area contributed by atoms with Gasteiger partial charge in [-0.2, -0.15) is 5.10 Å². The molecular weight excluding hydrogens is 316 g/mol. The highest BCUT2D eigenvalue weighted by Crippen LogP contribution is 2.32. The molecule has 0 aromatic carbocycles. The standard InChI is InChI=1S/C15H15BrN4/c1-4-20-9-12(11-6-5-7-17-15(11)20)10(2)13-8-19(3)18-14(13)16/h5-9H,2,4H2,1,3H3. The van der Waals surface area contributed by atoms with E-state index >= 15 is 0 Å². The van der Waals surface area contributed by atoms with Crippen LogP contribution in [0.2, 0.25) is 0 Å². The smallest absolute Gasteiger partial charge is 0.140 e. The van der Waals surface area contributed by atoms with Crippen molar-refractivity contribution >= 4 is 32.5 Å². The molecule has 0 aliphatic carbocycles. The second-order valence-electron chi connectivity index (χ2n) is 4.69. The summed E-state index contributed by atoms with van der Waals surface area (Å²) < 4.78 is 4.73. The van der Waals surface area contributed by atoms with Crippen molar-refractivity contribution < 1.29 is 0 Å². The van der Waals surface area contributed by atoms with Crippen LogP contribution in [0.15, 0.2) is 41.9 Å². The monoisotopic (exact) mass is 330 g/mol. The van der Waals surface area contributed by atoms with Crippen molar-refractivity contribution in [3.8, 4) is 0 Å². The van der Waals surface area contributed by atoms with Crippen LogP contribution in [0, 0.1) is 0 Å². The Bertz CT molecular complexity index is 797. The van der Waals surface area contributed by atoms with E-state index in [4.69, 9.17) is 0 Å². The van der Waals surface area contributed by atoms with Gasteiger partial charge in [-0.05, 0) is 40.6 Å². The Labute approximate surface area is 125 Å². The van der Waals surface area contributed by atoms with Gasteiger partial charge in [-0.15, -0.1) is 0 Å². The Morgan fingerprint density at radius 3 is 2.80 bits per heavy atom. The summed E-state index contributed by atoms with van der Waals surface area (Å²) in [5.41, 5.74) is 4.05. The highest BCUT2D eigenvalue weighted by atomic mass is 79.9. The summed E-state index contributed by atoms with van der Waals surface area (Å²) in [5, 5.41) is 5.44. The number of halogens is 1. The maximum Gasteiger partial charge on any atom is 0.140 e. The van der Waals surface area contributed by atoms with E-state index in [1.165, 1.54) is 0 Å². The molecule has 5 heteroatoms. The highest BCUT2D eigenvalue weighted by Gasteiger charge is 2.16. The minimum Gasteiger partial charge on any atom is -0.332 e. The van der Waals surface area contributed by atoms with E-state index in [1.807, 2.05) is 25.5 Å². The molecule has 0 fully saturated rings. The summed E-state index contributed by atoms with van der Waals surface area (Å²) in [7, 11) is 1.90. The van der Waals surface area contributed by atoms with E-state index in [0.717, 1.165) is 38.9 Å². The molecule has 0 unspecified atom stereocenters. The van der Waals surface area contributed by atoms with Crippen molar-refractivity contribution in [2.45, 2.75) is 13.5 Å². The van der Waals surface area contributed by atoms with E-state index in [-0.39, 0.29) is 0 Å². The number of aromatic nitrogens is 4. The fourth-order valence-electron chi connectivity index (χ4n) is 2.41. The van der Waals surface area contributed by atoms with E-state index in [1.54, 1.807) is 4.68 Å².